The molecule has 96 valence electrons. The molecule has 0 bridgehead atoms. The molecule has 1 unspecified atom stereocenters. The van der Waals surface area contributed by atoms with Crippen molar-refractivity contribution in [2.75, 3.05) is 20.2 Å². The van der Waals surface area contributed by atoms with E-state index in [-0.39, 0.29) is 12.0 Å². The van der Waals surface area contributed by atoms with Crippen molar-refractivity contribution in [3.63, 3.8) is 0 Å². The summed E-state index contributed by atoms with van der Waals surface area (Å²) in [5.41, 5.74) is -0.835. The predicted molar refractivity (Wildman–Crippen MR) is 64.3 cm³/mol. The summed E-state index contributed by atoms with van der Waals surface area (Å²) in [6, 6.07) is 0. The van der Waals surface area contributed by atoms with Gasteiger partial charge < -0.3 is 14.7 Å². The molecule has 0 heterocycles. The number of amides is 1. The van der Waals surface area contributed by atoms with Crippen molar-refractivity contribution in [1.82, 2.24) is 4.90 Å². The Bertz CT molecular complexity index is 211. The molecule has 0 rings (SSSR count). The zero-order valence-corrected chi connectivity index (χ0v) is 11.1. The standard InChI is InChI=1S/C12H25NO3/c1-6-13(9-12(3,4)15)11(14)8-7-10(2)16-5/h10,15H,6-9H2,1-5H3. The zero-order valence-electron chi connectivity index (χ0n) is 11.1. The molecule has 0 aliphatic heterocycles. The van der Waals surface area contributed by atoms with Crippen molar-refractivity contribution in [3.8, 4) is 0 Å². The van der Waals surface area contributed by atoms with E-state index in [0.29, 0.717) is 19.5 Å². The molecule has 1 atom stereocenters. The topological polar surface area (TPSA) is 49.8 Å². The van der Waals surface area contributed by atoms with Gasteiger partial charge >= 0.3 is 0 Å². The Labute approximate surface area is 98.6 Å². The molecule has 4 nitrogen and oxygen atoms in total. The lowest BCUT2D eigenvalue weighted by Gasteiger charge is -2.28. The van der Waals surface area contributed by atoms with Crippen LogP contribution in [-0.4, -0.2) is 47.8 Å². The third-order valence-corrected chi connectivity index (χ3v) is 2.48. The Kier molecular flexibility index (Phi) is 6.60. The molecular weight excluding hydrogens is 206 g/mol. The minimum atomic E-state index is -0.835. The molecule has 0 aliphatic rings. The van der Waals surface area contributed by atoms with Crippen molar-refractivity contribution in [2.45, 2.75) is 52.2 Å². The molecule has 0 spiro atoms. The van der Waals surface area contributed by atoms with Gasteiger partial charge in [-0.05, 0) is 34.1 Å². The molecule has 1 amide bonds. The van der Waals surface area contributed by atoms with Gasteiger partial charge in [-0.3, -0.25) is 4.79 Å². The minimum absolute atomic E-state index is 0.0773. The number of carbonyl (C=O) groups is 1. The van der Waals surface area contributed by atoms with Crippen LogP contribution in [0.25, 0.3) is 0 Å². The molecule has 0 fully saturated rings. The van der Waals surface area contributed by atoms with Crippen molar-refractivity contribution < 1.29 is 14.6 Å². The van der Waals surface area contributed by atoms with E-state index in [0.717, 1.165) is 6.42 Å². The third kappa shape index (κ3) is 6.80. The highest BCUT2D eigenvalue weighted by Gasteiger charge is 2.21. The summed E-state index contributed by atoms with van der Waals surface area (Å²) in [4.78, 5) is 13.5. The fourth-order valence-corrected chi connectivity index (χ4v) is 1.45. The highest BCUT2D eigenvalue weighted by Crippen LogP contribution is 2.09. The fourth-order valence-electron chi connectivity index (χ4n) is 1.45. The van der Waals surface area contributed by atoms with Crippen LogP contribution in [-0.2, 0) is 9.53 Å². The molecule has 4 heteroatoms. The maximum Gasteiger partial charge on any atom is 0.222 e. The van der Waals surface area contributed by atoms with Gasteiger partial charge in [-0.25, -0.2) is 0 Å². The second-order valence-corrected chi connectivity index (χ2v) is 4.81. The van der Waals surface area contributed by atoms with Crippen LogP contribution in [0.2, 0.25) is 0 Å². The molecule has 0 saturated heterocycles. The minimum Gasteiger partial charge on any atom is -0.389 e. The van der Waals surface area contributed by atoms with Crippen molar-refractivity contribution in [1.29, 1.82) is 0 Å². The summed E-state index contributed by atoms with van der Waals surface area (Å²) in [5, 5.41) is 9.67. The molecule has 0 aromatic carbocycles. The molecule has 0 saturated carbocycles. The Morgan fingerprint density at radius 2 is 2.06 bits per heavy atom. The quantitative estimate of drug-likeness (QED) is 0.721. The van der Waals surface area contributed by atoms with Gasteiger partial charge in [0.2, 0.25) is 5.91 Å². The maximum absolute atomic E-state index is 11.8. The van der Waals surface area contributed by atoms with Crippen LogP contribution in [0.1, 0.15) is 40.5 Å². The summed E-state index contributed by atoms with van der Waals surface area (Å²) in [6.07, 6.45) is 1.29. The molecule has 1 N–H and O–H groups in total. The van der Waals surface area contributed by atoms with Gasteiger partial charge in [0.25, 0.3) is 0 Å². The molecule has 0 aliphatic carbocycles. The van der Waals surface area contributed by atoms with Crippen molar-refractivity contribution in [2.24, 2.45) is 0 Å². The average Bonchev–Trinajstić information content (AvgIpc) is 2.20. The van der Waals surface area contributed by atoms with Crippen molar-refractivity contribution in [3.05, 3.63) is 0 Å². The van der Waals surface area contributed by atoms with E-state index in [1.54, 1.807) is 25.9 Å². The number of likely N-dealkylation sites (N-methyl/N-ethyl adjacent to an activating group) is 1. The van der Waals surface area contributed by atoms with Crippen LogP contribution in [0.4, 0.5) is 0 Å². The van der Waals surface area contributed by atoms with E-state index >= 15 is 0 Å². The monoisotopic (exact) mass is 231 g/mol. The Hall–Kier alpha value is -0.610. The van der Waals surface area contributed by atoms with E-state index in [4.69, 9.17) is 4.74 Å². The predicted octanol–water partition coefficient (Wildman–Crippen LogP) is 1.42. The largest absolute Gasteiger partial charge is 0.389 e. The summed E-state index contributed by atoms with van der Waals surface area (Å²) < 4.78 is 5.09. The summed E-state index contributed by atoms with van der Waals surface area (Å²) in [5.74, 6) is 0.0773. The molecular formula is C12H25NO3. The first-order chi connectivity index (χ1) is 7.30. The molecule has 0 aromatic heterocycles. The average molecular weight is 231 g/mol. The van der Waals surface area contributed by atoms with Gasteiger partial charge in [0.1, 0.15) is 0 Å². The van der Waals surface area contributed by atoms with Gasteiger partial charge in [-0.15, -0.1) is 0 Å². The second-order valence-electron chi connectivity index (χ2n) is 4.81. The van der Waals surface area contributed by atoms with Crippen LogP contribution >= 0.6 is 0 Å². The smallest absolute Gasteiger partial charge is 0.222 e. The molecule has 16 heavy (non-hydrogen) atoms. The normalized spacial score (nSPS) is 13.6. The highest BCUT2D eigenvalue weighted by molar-refractivity contribution is 5.76. The number of aliphatic hydroxyl groups is 1. The first kappa shape index (κ1) is 15.4. The van der Waals surface area contributed by atoms with Gasteiger partial charge in [0.05, 0.1) is 11.7 Å². The van der Waals surface area contributed by atoms with Crippen LogP contribution in [0.15, 0.2) is 0 Å². The number of carbonyl (C=O) groups excluding carboxylic acids is 1. The van der Waals surface area contributed by atoms with E-state index in [1.807, 2.05) is 13.8 Å². The summed E-state index contributed by atoms with van der Waals surface area (Å²) >= 11 is 0. The van der Waals surface area contributed by atoms with E-state index in [1.165, 1.54) is 0 Å². The SMILES string of the molecule is CCN(CC(C)(C)O)C(=O)CCC(C)OC. The number of ether oxygens (including phenoxy) is 1. The summed E-state index contributed by atoms with van der Waals surface area (Å²) in [7, 11) is 1.64. The highest BCUT2D eigenvalue weighted by atomic mass is 16.5. The Balaban J connectivity index is 4.11. The maximum atomic E-state index is 11.8. The number of methoxy groups -OCH3 is 1. The van der Waals surface area contributed by atoms with Crippen LogP contribution in [0.3, 0.4) is 0 Å². The van der Waals surface area contributed by atoms with Gasteiger partial charge in [-0.2, -0.15) is 0 Å². The van der Waals surface area contributed by atoms with E-state index < -0.39 is 5.60 Å². The first-order valence-corrected chi connectivity index (χ1v) is 5.83. The number of rotatable bonds is 7. The van der Waals surface area contributed by atoms with Crippen LogP contribution < -0.4 is 0 Å². The number of hydrogen-bond acceptors (Lipinski definition) is 3. The lowest BCUT2D eigenvalue weighted by molar-refractivity contribution is -0.134. The van der Waals surface area contributed by atoms with Gasteiger partial charge in [0, 0.05) is 26.6 Å². The van der Waals surface area contributed by atoms with Crippen LogP contribution in [0, 0.1) is 0 Å². The lowest BCUT2D eigenvalue weighted by Crippen LogP contribution is -2.42. The van der Waals surface area contributed by atoms with Gasteiger partial charge in [0.15, 0.2) is 0 Å². The molecule has 0 radical (unpaired) electrons. The third-order valence-electron chi connectivity index (χ3n) is 2.48. The molecule has 0 aromatic rings. The summed E-state index contributed by atoms with van der Waals surface area (Å²) in [6.45, 7) is 8.29. The van der Waals surface area contributed by atoms with Crippen molar-refractivity contribution >= 4 is 5.91 Å². The Morgan fingerprint density at radius 1 is 1.50 bits per heavy atom. The number of nitrogens with zero attached hydrogens (tertiary/aromatic N) is 1. The lowest BCUT2D eigenvalue weighted by atomic mass is 10.1. The van der Waals surface area contributed by atoms with E-state index in [2.05, 4.69) is 0 Å². The van der Waals surface area contributed by atoms with Crippen LogP contribution in [0.5, 0.6) is 0 Å². The van der Waals surface area contributed by atoms with Gasteiger partial charge in [-0.1, -0.05) is 0 Å². The zero-order chi connectivity index (χ0) is 12.8. The Morgan fingerprint density at radius 3 is 2.44 bits per heavy atom. The van der Waals surface area contributed by atoms with E-state index in [9.17, 15) is 9.90 Å². The second kappa shape index (κ2) is 6.86. The number of hydrogen-bond donors (Lipinski definition) is 1. The first-order valence-electron chi connectivity index (χ1n) is 5.83. The fraction of sp³-hybridized carbons (Fsp3) is 0.917.